The second kappa shape index (κ2) is 5.98. The van der Waals surface area contributed by atoms with E-state index in [0.717, 1.165) is 10.6 Å². The molecule has 0 saturated carbocycles. The van der Waals surface area contributed by atoms with Gasteiger partial charge in [0, 0.05) is 11.1 Å². The zero-order valence-corrected chi connectivity index (χ0v) is 7.81. The largest absolute Gasteiger partial charge is 0.256 e. The molecule has 2 heteroatoms. The molecule has 1 aromatic rings. The van der Waals surface area contributed by atoms with Gasteiger partial charge in [0.2, 0.25) is 0 Å². The lowest BCUT2D eigenvalue weighted by Crippen LogP contribution is -1.78. The maximum absolute atomic E-state index is 4.14. The number of pyridine rings is 1. The van der Waals surface area contributed by atoms with Crippen LogP contribution in [0.15, 0.2) is 29.8 Å². The Morgan fingerprint density at radius 3 is 2.55 bits per heavy atom. The minimum Gasteiger partial charge on any atom is -0.256 e. The molecule has 0 radical (unpaired) electrons. The number of hydrogen-bond donors (Lipinski definition) is 1. The van der Waals surface area contributed by atoms with Crippen LogP contribution in [0.1, 0.15) is 19.5 Å². The lowest BCUT2D eigenvalue weighted by molar-refractivity contribution is 1.21. The van der Waals surface area contributed by atoms with Gasteiger partial charge in [-0.3, -0.25) is 4.98 Å². The molecule has 1 rings (SSSR count). The topological polar surface area (TPSA) is 12.9 Å². The maximum atomic E-state index is 4.14. The molecule has 0 bridgehead atoms. The minimum atomic E-state index is 0.834. The average Bonchev–Trinajstić information content (AvgIpc) is 2.09. The fourth-order valence-corrected chi connectivity index (χ4v) is 0.801. The molecule has 0 N–H and O–H groups in total. The molecule has 0 aliphatic rings. The number of thiol groups is 1. The zero-order chi connectivity index (χ0) is 8.69. The van der Waals surface area contributed by atoms with Gasteiger partial charge in [0.15, 0.2) is 0 Å². The Hall–Kier alpha value is -0.760. The molecule has 0 aliphatic heterocycles. The molecule has 1 aromatic heterocycles. The van der Waals surface area contributed by atoms with E-state index in [4.69, 9.17) is 0 Å². The normalized spacial score (nSPS) is 7.91. The van der Waals surface area contributed by atoms with Crippen molar-refractivity contribution in [1.82, 2.24) is 4.98 Å². The standard InChI is InChI=1S/C7H7NS.C2H6/c1-2-6-7(9)4-3-5-8-6;1-2/h2-5,9H,1H2;1-2H3. The van der Waals surface area contributed by atoms with E-state index in [1.54, 1.807) is 12.3 Å². The van der Waals surface area contributed by atoms with Gasteiger partial charge in [-0.15, -0.1) is 12.6 Å². The number of aromatic nitrogens is 1. The molecule has 1 nitrogen and oxygen atoms in total. The number of nitrogens with zero attached hydrogens (tertiary/aromatic N) is 1. The third-order valence-corrected chi connectivity index (χ3v) is 1.39. The molecule has 60 valence electrons. The van der Waals surface area contributed by atoms with Crippen LogP contribution in [0, 0.1) is 0 Å². The monoisotopic (exact) mass is 167 g/mol. The highest BCUT2D eigenvalue weighted by atomic mass is 32.1. The van der Waals surface area contributed by atoms with Gasteiger partial charge < -0.3 is 0 Å². The fourth-order valence-electron chi connectivity index (χ4n) is 0.566. The van der Waals surface area contributed by atoms with Gasteiger partial charge >= 0.3 is 0 Å². The van der Waals surface area contributed by atoms with Crippen molar-refractivity contribution in [3.05, 3.63) is 30.6 Å². The molecule has 0 unspecified atom stereocenters. The first-order valence-corrected chi connectivity index (χ1v) is 4.05. The molecule has 0 spiro atoms. The lowest BCUT2D eigenvalue weighted by atomic mass is 10.3. The van der Waals surface area contributed by atoms with Crippen LogP contribution in [0.25, 0.3) is 6.08 Å². The van der Waals surface area contributed by atoms with Crippen molar-refractivity contribution in [1.29, 1.82) is 0 Å². The summed E-state index contributed by atoms with van der Waals surface area (Å²) in [5, 5.41) is 0. The third kappa shape index (κ3) is 3.23. The smallest absolute Gasteiger partial charge is 0.0756 e. The van der Waals surface area contributed by atoms with Crippen molar-refractivity contribution in [2.75, 3.05) is 0 Å². The van der Waals surface area contributed by atoms with Crippen LogP contribution < -0.4 is 0 Å². The van der Waals surface area contributed by atoms with E-state index in [-0.39, 0.29) is 0 Å². The predicted octanol–water partition coefficient (Wildman–Crippen LogP) is 3.04. The first-order chi connectivity index (χ1) is 5.34. The average molecular weight is 167 g/mol. The van der Waals surface area contributed by atoms with Crippen molar-refractivity contribution in [3.8, 4) is 0 Å². The van der Waals surface area contributed by atoms with Crippen LogP contribution in [-0.2, 0) is 0 Å². The molecule has 0 fully saturated rings. The van der Waals surface area contributed by atoms with E-state index >= 15 is 0 Å². The summed E-state index contributed by atoms with van der Waals surface area (Å²) in [6.45, 7) is 7.58. The van der Waals surface area contributed by atoms with Gasteiger partial charge in [0.25, 0.3) is 0 Å². The van der Waals surface area contributed by atoms with Gasteiger partial charge in [-0.2, -0.15) is 0 Å². The Balaban J connectivity index is 0.000000461. The quantitative estimate of drug-likeness (QED) is 0.634. The molecule has 0 atom stereocenters. The maximum Gasteiger partial charge on any atom is 0.0756 e. The van der Waals surface area contributed by atoms with Crippen LogP contribution in [0.4, 0.5) is 0 Å². The molecule has 1 heterocycles. The summed E-state index contributed by atoms with van der Waals surface area (Å²) in [7, 11) is 0. The summed E-state index contributed by atoms with van der Waals surface area (Å²) in [5.41, 5.74) is 0.834. The van der Waals surface area contributed by atoms with Crippen molar-refractivity contribution in [2.45, 2.75) is 18.7 Å². The van der Waals surface area contributed by atoms with Crippen LogP contribution in [0.2, 0.25) is 0 Å². The summed E-state index contributed by atoms with van der Waals surface area (Å²) in [6.07, 6.45) is 3.40. The molecular weight excluding hydrogens is 154 g/mol. The summed E-state index contributed by atoms with van der Waals surface area (Å²) in [5.74, 6) is 0. The predicted molar refractivity (Wildman–Crippen MR) is 52.9 cm³/mol. The fraction of sp³-hybridized carbons (Fsp3) is 0.222. The van der Waals surface area contributed by atoms with Crippen molar-refractivity contribution < 1.29 is 0 Å². The van der Waals surface area contributed by atoms with E-state index in [0.29, 0.717) is 0 Å². The van der Waals surface area contributed by atoms with Crippen molar-refractivity contribution in [3.63, 3.8) is 0 Å². The summed E-state index contributed by atoms with van der Waals surface area (Å²) in [6, 6.07) is 3.72. The van der Waals surface area contributed by atoms with E-state index < -0.39 is 0 Å². The molecule has 0 aromatic carbocycles. The van der Waals surface area contributed by atoms with Gasteiger partial charge in [-0.05, 0) is 18.2 Å². The van der Waals surface area contributed by atoms with Crippen LogP contribution in [0.3, 0.4) is 0 Å². The molecule has 11 heavy (non-hydrogen) atoms. The molecular formula is C9H13NS. The van der Waals surface area contributed by atoms with Crippen LogP contribution >= 0.6 is 12.6 Å². The van der Waals surface area contributed by atoms with E-state index in [9.17, 15) is 0 Å². The SMILES string of the molecule is C=Cc1ncccc1S.CC. The third-order valence-electron chi connectivity index (χ3n) is 1.01. The first kappa shape index (κ1) is 10.2. The van der Waals surface area contributed by atoms with E-state index in [2.05, 4.69) is 24.2 Å². The number of hydrogen-bond acceptors (Lipinski definition) is 2. The van der Waals surface area contributed by atoms with Gasteiger partial charge in [0.05, 0.1) is 5.69 Å². The van der Waals surface area contributed by atoms with Gasteiger partial charge in [-0.1, -0.05) is 20.4 Å². The summed E-state index contributed by atoms with van der Waals surface area (Å²) < 4.78 is 0. The Kier molecular flexibility index (Phi) is 5.57. The second-order valence-corrected chi connectivity index (χ2v) is 2.09. The van der Waals surface area contributed by atoms with Crippen molar-refractivity contribution >= 4 is 18.7 Å². The Bertz CT molecular complexity index is 221. The highest BCUT2D eigenvalue weighted by Gasteiger charge is 1.89. The second-order valence-electron chi connectivity index (χ2n) is 1.61. The first-order valence-electron chi connectivity index (χ1n) is 3.61. The highest BCUT2D eigenvalue weighted by Crippen LogP contribution is 2.09. The Morgan fingerprint density at radius 1 is 1.55 bits per heavy atom. The summed E-state index contributed by atoms with van der Waals surface area (Å²) >= 11 is 4.14. The lowest BCUT2D eigenvalue weighted by Gasteiger charge is -1.93. The van der Waals surface area contributed by atoms with Crippen LogP contribution in [-0.4, -0.2) is 4.98 Å². The summed E-state index contributed by atoms with van der Waals surface area (Å²) in [4.78, 5) is 4.87. The molecule has 0 amide bonds. The van der Waals surface area contributed by atoms with Gasteiger partial charge in [0.1, 0.15) is 0 Å². The Morgan fingerprint density at radius 2 is 2.18 bits per heavy atom. The zero-order valence-electron chi connectivity index (χ0n) is 6.91. The van der Waals surface area contributed by atoms with E-state index in [1.165, 1.54) is 0 Å². The van der Waals surface area contributed by atoms with E-state index in [1.807, 2.05) is 26.0 Å². The van der Waals surface area contributed by atoms with Crippen LogP contribution in [0.5, 0.6) is 0 Å². The highest BCUT2D eigenvalue weighted by molar-refractivity contribution is 7.80. The number of rotatable bonds is 1. The minimum absolute atomic E-state index is 0.834. The van der Waals surface area contributed by atoms with Crippen molar-refractivity contribution in [2.24, 2.45) is 0 Å². The molecule has 0 aliphatic carbocycles. The van der Waals surface area contributed by atoms with Gasteiger partial charge in [-0.25, -0.2) is 0 Å². The Labute approximate surface area is 73.6 Å². The molecule has 0 saturated heterocycles.